The number of sulfone groups is 2. The van der Waals surface area contributed by atoms with Gasteiger partial charge in [0.25, 0.3) is 0 Å². The van der Waals surface area contributed by atoms with Crippen LogP contribution >= 0.6 is 22.9 Å². The molecule has 1 aliphatic rings. The minimum atomic E-state index is -3.82. The number of likely N-dealkylation sites (N-methyl/N-ethyl adjacent to an activating group) is 1. The highest BCUT2D eigenvalue weighted by Crippen LogP contribution is 2.32. The van der Waals surface area contributed by atoms with Crippen molar-refractivity contribution in [1.82, 2.24) is 10.2 Å². The number of hydrogen-bond acceptors (Lipinski definition) is 8. The Morgan fingerprint density at radius 3 is 2.40 bits per heavy atom. The molecule has 0 saturated carbocycles. The molecule has 1 aromatic carbocycles. The quantitative estimate of drug-likeness (QED) is 0.604. The van der Waals surface area contributed by atoms with E-state index in [1.807, 2.05) is 43.3 Å². The van der Waals surface area contributed by atoms with Crippen LogP contribution in [-0.4, -0.2) is 72.3 Å². The van der Waals surface area contributed by atoms with Crippen LogP contribution in [0.2, 0.25) is 4.34 Å². The third kappa shape index (κ3) is 5.17. The molecule has 7 nitrogen and oxygen atoms in total. The van der Waals surface area contributed by atoms with Gasteiger partial charge in [-0.25, -0.2) is 16.8 Å². The smallest absolute Gasteiger partial charge is 0.193 e. The Hall–Kier alpha value is -1.17. The maximum absolute atomic E-state index is 13.1. The molecule has 0 radical (unpaired) electrons. The van der Waals surface area contributed by atoms with Crippen molar-refractivity contribution in [1.29, 1.82) is 0 Å². The van der Waals surface area contributed by atoms with E-state index in [4.69, 9.17) is 16.3 Å². The van der Waals surface area contributed by atoms with Gasteiger partial charge in [0.2, 0.25) is 0 Å². The van der Waals surface area contributed by atoms with Crippen molar-refractivity contribution in [2.75, 3.05) is 39.3 Å². The van der Waals surface area contributed by atoms with Gasteiger partial charge in [-0.2, -0.15) is 0 Å². The number of nitrogens with one attached hydrogen (secondary N) is 1. The van der Waals surface area contributed by atoms with E-state index in [9.17, 15) is 16.8 Å². The lowest BCUT2D eigenvalue weighted by Crippen LogP contribution is -2.46. The molecule has 2 aromatic rings. The average molecular weight is 493 g/mol. The number of hydrogen-bond donors (Lipinski definition) is 1. The fraction of sp³-hybridized carbons (Fsp3) is 0.474. The zero-order valence-electron chi connectivity index (χ0n) is 16.9. The molecule has 1 N–H and O–H groups in total. The molecule has 3 atom stereocenters. The van der Waals surface area contributed by atoms with Gasteiger partial charge < -0.3 is 15.0 Å². The summed E-state index contributed by atoms with van der Waals surface area (Å²) in [5.41, 5.74) is 1.01. The zero-order valence-corrected chi connectivity index (χ0v) is 20.1. The summed E-state index contributed by atoms with van der Waals surface area (Å²) in [6.07, 6.45) is 0. The Balaban J connectivity index is 1.81. The second-order valence-electron chi connectivity index (χ2n) is 7.49. The summed E-state index contributed by atoms with van der Waals surface area (Å²) in [5, 5.41) is 2.17. The van der Waals surface area contributed by atoms with E-state index in [0.29, 0.717) is 10.9 Å². The number of methoxy groups -OCH3 is 1. The van der Waals surface area contributed by atoms with Crippen LogP contribution in [0.25, 0.3) is 0 Å². The van der Waals surface area contributed by atoms with Gasteiger partial charge in [0.1, 0.15) is 9.96 Å². The normalized spacial score (nSPS) is 22.3. The zero-order chi connectivity index (χ0) is 22.1. The molecule has 3 rings (SSSR count). The second kappa shape index (κ2) is 9.13. The van der Waals surface area contributed by atoms with E-state index in [2.05, 4.69) is 5.32 Å². The SMILES string of the molecule is COc1ccc(C(CN[C@H]2CS(=O)(=O)C[C@@H]2S(=O)(=O)c2ccc(Cl)s2)N(C)C)cc1. The Kier molecular flexibility index (Phi) is 7.15. The summed E-state index contributed by atoms with van der Waals surface area (Å²) in [7, 11) is -1.85. The molecular formula is C19H25ClN2O5S3. The van der Waals surface area contributed by atoms with E-state index in [-0.39, 0.29) is 16.0 Å². The molecule has 11 heteroatoms. The van der Waals surface area contributed by atoms with E-state index >= 15 is 0 Å². The lowest BCUT2D eigenvalue weighted by Gasteiger charge is -2.28. The number of benzene rings is 1. The average Bonchev–Trinajstić information content (AvgIpc) is 3.25. The van der Waals surface area contributed by atoms with Gasteiger partial charge in [-0.3, -0.25) is 0 Å². The monoisotopic (exact) mass is 492 g/mol. The Morgan fingerprint density at radius 2 is 1.87 bits per heavy atom. The molecular weight excluding hydrogens is 468 g/mol. The second-order valence-corrected chi connectivity index (χ2v) is 13.7. The summed E-state index contributed by atoms with van der Waals surface area (Å²) in [6, 6.07) is 9.79. The minimum absolute atomic E-state index is 0.0706. The van der Waals surface area contributed by atoms with Gasteiger partial charge in [0.15, 0.2) is 19.7 Å². The first kappa shape index (κ1) is 23.5. The largest absolute Gasteiger partial charge is 0.497 e. The maximum atomic E-state index is 13.1. The molecule has 2 heterocycles. The Labute approximate surface area is 186 Å². The van der Waals surface area contributed by atoms with Crippen LogP contribution in [0.3, 0.4) is 0 Å². The van der Waals surface area contributed by atoms with Crippen LogP contribution < -0.4 is 10.1 Å². The molecule has 0 bridgehead atoms. The fourth-order valence-electron chi connectivity index (χ4n) is 3.60. The molecule has 166 valence electrons. The summed E-state index contributed by atoms with van der Waals surface area (Å²) in [6.45, 7) is 0.400. The Morgan fingerprint density at radius 1 is 1.20 bits per heavy atom. The number of nitrogens with zero attached hydrogens (tertiary/aromatic N) is 1. The van der Waals surface area contributed by atoms with E-state index < -0.39 is 36.7 Å². The van der Waals surface area contributed by atoms with E-state index in [1.54, 1.807) is 7.11 Å². The van der Waals surface area contributed by atoms with Crippen molar-refractivity contribution in [2.24, 2.45) is 0 Å². The van der Waals surface area contributed by atoms with Crippen molar-refractivity contribution in [3.63, 3.8) is 0 Å². The van der Waals surface area contributed by atoms with Crippen LogP contribution in [0.4, 0.5) is 0 Å². The van der Waals surface area contributed by atoms with Gasteiger partial charge in [-0.05, 0) is 43.9 Å². The Bertz CT molecular complexity index is 1080. The molecule has 1 fully saturated rings. The lowest BCUT2D eigenvalue weighted by molar-refractivity contribution is 0.281. The number of halogens is 1. The lowest BCUT2D eigenvalue weighted by atomic mass is 10.1. The van der Waals surface area contributed by atoms with Crippen molar-refractivity contribution in [3.8, 4) is 5.75 Å². The van der Waals surface area contributed by atoms with Crippen molar-refractivity contribution in [3.05, 3.63) is 46.3 Å². The van der Waals surface area contributed by atoms with Gasteiger partial charge in [-0.15, -0.1) is 11.3 Å². The van der Waals surface area contributed by atoms with Gasteiger partial charge in [0, 0.05) is 18.6 Å². The topological polar surface area (TPSA) is 92.8 Å². The summed E-state index contributed by atoms with van der Waals surface area (Å²) >= 11 is 6.85. The molecule has 0 spiro atoms. The molecule has 0 aliphatic carbocycles. The van der Waals surface area contributed by atoms with Crippen LogP contribution in [0.15, 0.2) is 40.6 Å². The molecule has 1 aliphatic heterocycles. The van der Waals surface area contributed by atoms with Crippen LogP contribution in [0.1, 0.15) is 11.6 Å². The molecule has 0 amide bonds. The summed E-state index contributed by atoms with van der Waals surface area (Å²) in [5.74, 6) is 0.142. The summed E-state index contributed by atoms with van der Waals surface area (Å²) in [4.78, 5) is 2.00. The fourth-order valence-corrected chi connectivity index (χ4v) is 10.0. The van der Waals surface area contributed by atoms with Crippen LogP contribution in [0.5, 0.6) is 5.75 Å². The first-order chi connectivity index (χ1) is 14.0. The van der Waals surface area contributed by atoms with Gasteiger partial charge in [0.05, 0.1) is 28.2 Å². The van der Waals surface area contributed by atoms with Gasteiger partial charge >= 0.3 is 0 Å². The number of thiophene rings is 1. The third-order valence-electron chi connectivity index (χ3n) is 5.23. The van der Waals surface area contributed by atoms with Crippen molar-refractivity contribution < 1.29 is 21.6 Å². The third-order valence-corrected chi connectivity index (χ3v) is 11.1. The van der Waals surface area contributed by atoms with Gasteiger partial charge in [-0.1, -0.05) is 23.7 Å². The van der Waals surface area contributed by atoms with Crippen LogP contribution in [0, 0.1) is 0 Å². The highest BCUT2D eigenvalue weighted by molar-refractivity contribution is 7.97. The minimum Gasteiger partial charge on any atom is -0.497 e. The number of ether oxygens (including phenoxy) is 1. The molecule has 30 heavy (non-hydrogen) atoms. The highest BCUT2D eigenvalue weighted by atomic mass is 35.5. The predicted molar refractivity (Wildman–Crippen MR) is 120 cm³/mol. The van der Waals surface area contributed by atoms with Crippen LogP contribution in [-0.2, 0) is 19.7 Å². The van der Waals surface area contributed by atoms with E-state index in [1.165, 1.54) is 12.1 Å². The van der Waals surface area contributed by atoms with Crippen molar-refractivity contribution in [2.45, 2.75) is 21.5 Å². The first-order valence-corrected chi connectivity index (χ1v) is 13.8. The molecule has 1 saturated heterocycles. The molecule has 1 aromatic heterocycles. The highest BCUT2D eigenvalue weighted by Gasteiger charge is 2.46. The standard InChI is InChI=1S/C19H25ClN2O5S3/c1-22(2)16(13-4-6-14(27-3)7-5-13)10-21-15-11-29(23,24)12-17(15)30(25,26)19-9-8-18(20)28-19/h4-9,15-17,21H,10-12H2,1-3H3/t15-,16?,17-/m0/s1. The van der Waals surface area contributed by atoms with Crippen molar-refractivity contribution >= 4 is 42.6 Å². The molecule has 1 unspecified atom stereocenters. The maximum Gasteiger partial charge on any atom is 0.193 e. The number of rotatable bonds is 8. The first-order valence-electron chi connectivity index (χ1n) is 9.27. The predicted octanol–water partition coefficient (Wildman–Crippen LogP) is 2.24. The summed E-state index contributed by atoms with van der Waals surface area (Å²) < 4.78 is 56.4. The van der Waals surface area contributed by atoms with E-state index in [0.717, 1.165) is 22.6 Å².